The number of carbonyl (C=O) groups excluding carboxylic acids is 2. The van der Waals surface area contributed by atoms with Crippen LogP contribution in [0.25, 0.3) is 11.1 Å². The number of ether oxygens (including phenoxy) is 2. The molecule has 1 aromatic carbocycles. The molecule has 0 atom stereocenters. The standard InChI is InChI=1S/C20H22FN5O4.ClH/c1-12(27)26-8-13(9-26)10-30-20-24-6-15(7-25-20)16-4-2-3-14(19(16)21)11-29-18(28)5-17(22)23;/h2-4,6-7,13H,5,8-11H2,1H3,(H3,22,23);1H. The number of nitrogens with one attached hydrogen (secondary N) is 1. The van der Waals surface area contributed by atoms with Gasteiger partial charge >= 0.3 is 12.0 Å². The van der Waals surface area contributed by atoms with E-state index >= 15 is 0 Å². The van der Waals surface area contributed by atoms with Crippen LogP contribution in [0.1, 0.15) is 18.9 Å². The molecule has 0 unspecified atom stereocenters. The molecule has 11 heteroatoms. The van der Waals surface area contributed by atoms with Gasteiger partial charge in [0.1, 0.15) is 24.7 Å². The molecule has 1 aliphatic rings. The summed E-state index contributed by atoms with van der Waals surface area (Å²) in [5, 5.41) is 7.07. The molecule has 0 radical (unpaired) electrons. The van der Waals surface area contributed by atoms with Crippen LogP contribution in [-0.4, -0.2) is 52.3 Å². The van der Waals surface area contributed by atoms with E-state index in [4.69, 9.17) is 20.6 Å². The second-order valence-electron chi connectivity index (χ2n) is 7.00. The molecule has 31 heavy (non-hydrogen) atoms. The number of rotatable bonds is 8. The number of nitrogens with zero attached hydrogens (tertiary/aromatic N) is 3. The highest BCUT2D eigenvalue weighted by molar-refractivity contribution is 5.94. The quantitative estimate of drug-likeness (QED) is 0.356. The van der Waals surface area contributed by atoms with Crippen molar-refractivity contribution in [2.75, 3.05) is 19.7 Å². The minimum Gasteiger partial charge on any atom is -0.463 e. The Morgan fingerprint density at radius 3 is 2.58 bits per heavy atom. The van der Waals surface area contributed by atoms with Gasteiger partial charge < -0.3 is 20.1 Å². The smallest absolute Gasteiger partial charge is 0.316 e. The fraction of sp³-hybridized carbons (Fsp3) is 0.350. The number of nitrogens with two attached hydrogens (primary N) is 1. The normalized spacial score (nSPS) is 13.0. The molecule has 2 heterocycles. The first-order valence-corrected chi connectivity index (χ1v) is 9.30. The molecule has 3 N–H and O–H groups in total. The number of halogens is 2. The van der Waals surface area contributed by atoms with E-state index < -0.39 is 11.8 Å². The van der Waals surface area contributed by atoms with Crippen molar-refractivity contribution in [1.82, 2.24) is 14.9 Å². The van der Waals surface area contributed by atoms with E-state index in [1.165, 1.54) is 25.4 Å². The predicted octanol–water partition coefficient (Wildman–Crippen LogP) is 1.93. The molecule has 1 aliphatic heterocycles. The molecule has 1 fully saturated rings. The highest BCUT2D eigenvalue weighted by atomic mass is 35.5. The number of benzene rings is 1. The Kier molecular flexibility index (Phi) is 8.26. The van der Waals surface area contributed by atoms with Gasteiger partial charge in [0.05, 0.1) is 6.61 Å². The van der Waals surface area contributed by atoms with Crippen LogP contribution in [0.4, 0.5) is 4.39 Å². The number of hydrogen-bond acceptors (Lipinski definition) is 7. The largest absolute Gasteiger partial charge is 0.463 e. The molecule has 1 saturated heterocycles. The van der Waals surface area contributed by atoms with Gasteiger partial charge in [0.2, 0.25) is 5.91 Å². The Balaban J connectivity index is 0.00000341. The van der Waals surface area contributed by atoms with Crippen molar-refractivity contribution in [2.45, 2.75) is 20.0 Å². The Morgan fingerprint density at radius 2 is 1.97 bits per heavy atom. The van der Waals surface area contributed by atoms with Crippen LogP contribution >= 0.6 is 12.4 Å². The first kappa shape index (κ1) is 24.0. The van der Waals surface area contributed by atoms with Crippen LogP contribution in [0.15, 0.2) is 30.6 Å². The molecule has 0 spiro atoms. The highest BCUT2D eigenvalue weighted by Crippen LogP contribution is 2.25. The zero-order chi connectivity index (χ0) is 21.7. The minimum absolute atomic E-state index is 0. The van der Waals surface area contributed by atoms with E-state index in [9.17, 15) is 14.0 Å². The van der Waals surface area contributed by atoms with Crippen molar-refractivity contribution in [3.63, 3.8) is 0 Å². The van der Waals surface area contributed by atoms with E-state index in [-0.39, 0.29) is 60.2 Å². The summed E-state index contributed by atoms with van der Waals surface area (Å²) in [5.41, 5.74) is 6.03. The second kappa shape index (κ2) is 10.7. The third-order valence-corrected chi connectivity index (χ3v) is 4.59. The molecule has 9 nitrogen and oxygen atoms in total. The summed E-state index contributed by atoms with van der Waals surface area (Å²) < 4.78 is 25.3. The number of esters is 1. The van der Waals surface area contributed by atoms with Crippen molar-refractivity contribution in [2.24, 2.45) is 11.7 Å². The van der Waals surface area contributed by atoms with Crippen LogP contribution in [0.5, 0.6) is 6.01 Å². The monoisotopic (exact) mass is 451 g/mol. The summed E-state index contributed by atoms with van der Waals surface area (Å²) >= 11 is 0. The molecule has 0 bridgehead atoms. The molecule has 3 rings (SSSR count). The van der Waals surface area contributed by atoms with Gasteiger partial charge in [0.15, 0.2) is 0 Å². The van der Waals surface area contributed by atoms with E-state index in [1.54, 1.807) is 17.0 Å². The molecular weight excluding hydrogens is 429 g/mol. The molecule has 1 aromatic heterocycles. The number of hydrogen-bond donors (Lipinski definition) is 2. The summed E-state index contributed by atoms with van der Waals surface area (Å²) in [4.78, 5) is 32.6. The lowest BCUT2D eigenvalue weighted by Crippen LogP contribution is -2.51. The first-order chi connectivity index (χ1) is 14.3. The highest BCUT2D eigenvalue weighted by Gasteiger charge is 2.29. The van der Waals surface area contributed by atoms with Gasteiger partial charge in [0, 0.05) is 55.0 Å². The summed E-state index contributed by atoms with van der Waals surface area (Å²) in [6.07, 6.45) is 2.56. The van der Waals surface area contributed by atoms with Gasteiger partial charge in [-0.05, 0) is 0 Å². The van der Waals surface area contributed by atoms with Crippen LogP contribution in [0.2, 0.25) is 0 Å². The third-order valence-electron chi connectivity index (χ3n) is 4.59. The van der Waals surface area contributed by atoms with Crippen molar-refractivity contribution >= 4 is 30.1 Å². The Hall–Kier alpha value is -3.27. The SMILES string of the molecule is CC(=O)N1CC(COc2ncc(-c3cccc(COC(=O)CC(=N)N)c3F)cn2)C1.Cl. The number of amides is 1. The first-order valence-electron chi connectivity index (χ1n) is 9.30. The van der Waals surface area contributed by atoms with Gasteiger partial charge in [-0.25, -0.2) is 14.4 Å². The maximum absolute atomic E-state index is 14.8. The average molecular weight is 452 g/mol. The molecule has 2 aromatic rings. The third kappa shape index (κ3) is 6.35. The maximum atomic E-state index is 14.8. The Morgan fingerprint density at radius 1 is 1.29 bits per heavy atom. The predicted molar refractivity (Wildman–Crippen MR) is 112 cm³/mol. The fourth-order valence-electron chi connectivity index (χ4n) is 2.93. The van der Waals surface area contributed by atoms with Gasteiger partial charge in [0.25, 0.3) is 0 Å². The summed E-state index contributed by atoms with van der Waals surface area (Å²) in [7, 11) is 0. The number of amidine groups is 1. The number of aromatic nitrogens is 2. The topological polar surface area (TPSA) is 131 Å². The zero-order valence-corrected chi connectivity index (χ0v) is 17.7. The lowest BCUT2D eigenvalue weighted by Gasteiger charge is -2.38. The van der Waals surface area contributed by atoms with E-state index in [2.05, 4.69) is 9.97 Å². The van der Waals surface area contributed by atoms with Gasteiger partial charge in [-0.3, -0.25) is 15.0 Å². The van der Waals surface area contributed by atoms with Crippen molar-refractivity contribution in [3.05, 3.63) is 42.0 Å². The molecule has 166 valence electrons. The van der Waals surface area contributed by atoms with E-state index in [0.717, 1.165) is 0 Å². The molecule has 0 aliphatic carbocycles. The van der Waals surface area contributed by atoms with E-state index in [1.807, 2.05) is 0 Å². The molecule has 0 saturated carbocycles. The van der Waals surface area contributed by atoms with Crippen LogP contribution < -0.4 is 10.5 Å². The van der Waals surface area contributed by atoms with Crippen LogP contribution in [0.3, 0.4) is 0 Å². The van der Waals surface area contributed by atoms with Gasteiger partial charge in [-0.15, -0.1) is 12.4 Å². The summed E-state index contributed by atoms with van der Waals surface area (Å²) in [5.74, 6) is -1.27. The van der Waals surface area contributed by atoms with Gasteiger partial charge in [-0.1, -0.05) is 18.2 Å². The maximum Gasteiger partial charge on any atom is 0.316 e. The lowest BCUT2D eigenvalue weighted by molar-refractivity contribution is -0.143. The average Bonchev–Trinajstić information content (AvgIpc) is 2.66. The van der Waals surface area contributed by atoms with Crippen molar-refractivity contribution in [1.29, 1.82) is 5.41 Å². The Bertz CT molecular complexity index is 951. The second-order valence-corrected chi connectivity index (χ2v) is 7.00. The fourth-order valence-corrected chi connectivity index (χ4v) is 2.93. The Labute approximate surface area is 184 Å². The van der Waals surface area contributed by atoms with Crippen LogP contribution in [-0.2, 0) is 20.9 Å². The van der Waals surface area contributed by atoms with E-state index in [0.29, 0.717) is 25.3 Å². The number of likely N-dealkylation sites (tertiary alicyclic amines) is 1. The lowest BCUT2D eigenvalue weighted by atomic mass is 10.0. The minimum atomic E-state index is -0.699. The molecular formula is C20H23ClFN5O4. The summed E-state index contributed by atoms with van der Waals surface area (Å²) in [6.45, 7) is 2.97. The zero-order valence-electron chi connectivity index (χ0n) is 16.8. The van der Waals surface area contributed by atoms with Crippen molar-refractivity contribution in [3.8, 4) is 17.1 Å². The molecule has 1 amide bonds. The summed E-state index contributed by atoms with van der Waals surface area (Å²) in [6, 6.07) is 4.88. The van der Waals surface area contributed by atoms with Crippen LogP contribution in [0, 0.1) is 17.1 Å². The van der Waals surface area contributed by atoms with Gasteiger partial charge in [-0.2, -0.15) is 0 Å². The van der Waals surface area contributed by atoms with Crippen molar-refractivity contribution < 1.29 is 23.5 Å². The number of carbonyl (C=O) groups is 2.